The number of nitrogens with one attached hydrogen (secondary N) is 1. The first-order valence-corrected chi connectivity index (χ1v) is 11.8. The zero-order valence-corrected chi connectivity index (χ0v) is 19.2. The molecule has 8 heteroatoms. The third kappa shape index (κ3) is 4.90. The van der Waals surface area contributed by atoms with E-state index in [1.54, 1.807) is 24.3 Å². The Hall–Kier alpha value is -3.65. The van der Waals surface area contributed by atoms with Gasteiger partial charge in [0, 0.05) is 11.3 Å². The first kappa shape index (κ1) is 22.5. The van der Waals surface area contributed by atoms with Crippen LogP contribution in [0.15, 0.2) is 81.1 Å². The summed E-state index contributed by atoms with van der Waals surface area (Å²) in [6.07, 6.45) is 0. The van der Waals surface area contributed by atoms with E-state index in [1.165, 1.54) is 12.1 Å². The number of rotatable bonds is 7. The van der Waals surface area contributed by atoms with E-state index >= 15 is 0 Å². The second-order valence-electron chi connectivity index (χ2n) is 7.57. The van der Waals surface area contributed by atoms with Crippen LogP contribution in [-0.4, -0.2) is 20.0 Å². The van der Waals surface area contributed by atoms with Crippen LogP contribution in [-0.2, 0) is 9.84 Å². The summed E-state index contributed by atoms with van der Waals surface area (Å²) >= 11 is 0. The Labute approximate surface area is 192 Å². The molecule has 0 saturated carbocycles. The quantitative estimate of drug-likeness (QED) is 0.333. The van der Waals surface area contributed by atoms with Crippen molar-refractivity contribution in [2.45, 2.75) is 30.7 Å². The highest BCUT2D eigenvalue weighted by Crippen LogP contribution is 2.35. The van der Waals surface area contributed by atoms with Crippen LogP contribution >= 0.6 is 0 Å². The number of benzene rings is 3. The van der Waals surface area contributed by atoms with Crippen LogP contribution in [0.2, 0.25) is 0 Å². The molecule has 0 aliphatic rings. The van der Waals surface area contributed by atoms with Crippen LogP contribution in [0.4, 0.5) is 16.0 Å². The maximum absolute atomic E-state index is 13.4. The van der Waals surface area contributed by atoms with Crippen molar-refractivity contribution in [3.8, 4) is 17.2 Å². The van der Waals surface area contributed by atoms with Gasteiger partial charge in [-0.1, -0.05) is 6.07 Å². The predicted octanol–water partition coefficient (Wildman–Crippen LogP) is 6.07. The van der Waals surface area contributed by atoms with Gasteiger partial charge < -0.3 is 14.5 Å². The van der Waals surface area contributed by atoms with E-state index in [4.69, 9.17) is 9.15 Å². The van der Waals surface area contributed by atoms with Crippen molar-refractivity contribution in [3.05, 3.63) is 83.7 Å². The predicted molar refractivity (Wildman–Crippen MR) is 124 cm³/mol. The standard InChI is InChI=1S/C25H23FN2O4S/c1-4-31-21-9-5-18(6-10-21)23-28-25(33(29,30)22-11-7-19(26)8-12-22)24(32-23)27-20-14-16(2)13-17(3)15-20/h5-15,27H,4H2,1-3H3. The molecule has 0 radical (unpaired) electrons. The summed E-state index contributed by atoms with van der Waals surface area (Å²) in [4.78, 5) is 4.23. The summed E-state index contributed by atoms with van der Waals surface area (Å²) in [5.41, 5.74) is 3.26. The number of aryl methyl sites for hydroxylation is 2. The molecule has 0 bridgehead atoms. The van der Waals surface area contributed by atoms with Crippen molar-refractivity contribution in [2.24, 2.45) is 0 Å². The fourth-order valence-electron chi connectivity index (χ4n) is 3.45. The van der Waals surface area contributed by atoms with Crippen LogP contribution in [0.25, 0.3) is 11.5 Å². The monoisotopic (exact) mass is 466 g/mol. The summed E-state index contributed by atoms with van der Waals surface area (Å²) in [7, 11) is -4.09. The second kappa shape index (κ2) is 9.07. The highest BCUT2D eigenvalue weighted by atomic mass is 32.2. The molecule has 0 aliphatic carbocycles. The minimum absolute atomic E-state index is 0.0202. The zero-order chi connectivity index (χ0) is 23.6. The fraction of sp³-hybridized carbons (Fsp3) is 0.160. The maximum atomic E-state index is 13.4. The lowest BCUT2D eigenvalue weighted by atomic mass is 10.1. The minimum Gasteiger partial charge on any atom is -0.494 e. The van der Waals surface area contributed by atoms with Crippen LogP contribution in [0.5, 0.6) is 5.75 Å². The summed E-state index contributed by atoms with van der Waals surface area (Å²) in [5, 5.41) is 2.78. The number of sulfone groups is 1. The largest absolute Gasteiger partial charge is 0.494 e. The zero-order valence-electron chi connectivity index (χ0n) is 18.4. The van der Waals surface area contributed by atoms with Crippen LogP contribution in [0.3, 0.4) is 0 Å². The van der Waals surface area contributed by atoms with Gasteiger partial charge in [-0.3, -0.25) is 0 Å². The van der Waals surface area contributed by atoms with Gasteiger partial charge in [-0.15, -0.1) is 0 Å². The SMILES string of the molecule is CCOc1ccc(-c2nc(S(=O)(=O)c3ccc(F)cc3)c(Nc3cc(C)cc(C)c3)o2)cc1. The number of oxazole rings is 1. The molecule has 1 aromatic heterocycles. The van der Waals surface area contributed by atoms with Crippen molar-refractivity contribution >= 4 is 21.4 Å². The molecule has 0 fully saturated rings. The van der Waals surface area contributed by atoms with Gasteiger partial charge in [0.1, 0.15) is 11.6 Å². The van der Waals surface area contributed by atoms with Crippen molar-refractivity contribution < 1.29 is 22.0 Å². The van der Waals surface area contributed by atoms with E-state index in [2.05, 4.69) is 10.3 Å². The number of halogens is 1. The molecule has 4 rings (SSSR count). The van der Waals surface area contributed by atoms with Crippen molar-refractivity contribution in [3.63, 3.8) is 0 Å². The van der Waals surface area contributed by atoms with Gasteiger partial charge in [0.05, 0.1) is 11.5 Å². The lowest BCUT2D eigenvalue weighted by Crippen LogP contribution is -2.05. The van der Waals surface area contributed by atoms with Gasteiger partial charge in [0.25, 0.3) is 0 Å². The van der Waals surface area contributed by atoms with Gasteiger partial charge in [0.15, 0.2) is 0 Å². The summed E-state index contributed by atoms with van der Waals surface area (Å²) in [6.45, 7) is 6.31. The highest BCUT2D eigenvalue weighted by molar-refractivity contribution is 7.91. The molecule has 3 aromatic carbocycles. The molecule has 0 unspecified atom stereocenters. The van der Waals surface area contributed by atoms with Gasteiger partial charge in [-0.25, -0.2) is 12.8 Å². The number of aromatic nitrogens is 1. The molecule has 33 heavy (non-hydrogen) atoms. The molecule has 0 atom stereocenters. The van der Waals surface area contributed by atoms with Crippen LogP contribution in [0.1, 0.15) is 18.1 Å². The molecule has 6 nitrogen and oxygen atoms in total. The van der Waals surface area contributed by atoms with E-state index in [1.807, 2.05) is 39.0 Å². The average Bonchev–Trinajstić information content (AvgIpc) is 3.19. The van der Waals surface area contributed by atoms with Gasteiger partial charge in [-0.05, 0) is 92.6 Å². The van der Waals surface area contributed by atoms with E-state index in [-0.39, 0.29) is 21.7 Å². The molecular weight excluding hydrogens is 443 g/mol. The van der Waals surface area contributed by atoms with Gasteiger partial charge in [0.2, 0.25) is 26.6 Å². The smallest absolute Gasteiger partial charge is 0.238 e. The number of ether oxygens (including phenoxy) is 1. The Morgan fingerprint density at radius 1 is 0.970 bits per heavy atom. The Morgan fingerprint density at radius 3 is 2.21 bits per heavy atom. The topological polar surface area (TPSA) is 81.4 Å². The lowest BCUT2D eigenvalue weighted by molar-refractivity contribution is 0.340. The van der Waals surface area contributed by atoms with Crippen LogP contribution < -0.4 is 10.1 Å². The van der Waals surface area contributed by atoms with E-state index in [9.17, 15) is 12.8 Å². The van der Waals surface area contributed by atoms with Gasteiger partial charge in [-0.2, -0.15) is 4.98 Å². The van der Waals surface area contributed by atoms with Crippen LogP contribution in [0, 0.1) is 19.7 Å². The summed E-state index contributed by atoms with van der Waals surface area (Å²) < 4.78 is 51.5. The Kier molecular flexibility index (Phi) is 6.20. The van der Waals surface area contributed by atoms with E-state index < -0.39 is 15.7 Å². The molecule has 0 aliphatic heterocycles. The van der Waals surface area contributed by atoms with Crippen molar-refractivity contribution in [1.82, 2.24) is 4.98 Å². The number of hydrogen-bond donors (Lipinski definition) is 1. The van der Waals surface area contributed by atoms with E-state index in [0.717, 1.165) is 23.3 Å². The van der Waals surface area contributed by atoms with E-state index in [0.29, 0.717) is 23.6 Å². The number of anilines is 2. The van der Waals surface area contributed by atoms with Crippen molar-refractivity contribution in [1.29, 1.82) is 0 Å². The lowest BCUT2D eigenvalue weighted by Gasteiger charge is -2.08. The molecular formula is C25H23FN2O4S. The molecule has 1 N–H and O–H groups in total. The number of hydrogen-bond acceptors (Lipinski definition) is 6. The molecule has 0 spiro atoms. The molecule has 1 heterocycles. The maximum Gasteiger partial charge on any atom is 0.238 e. The van der Waals surface area contributed by atoms with Gasteiger partial charge >= 0.3 is 0 Å². The Bertz CT molecular complexity index is 1360. The second-order valence-corrected chi connectivity index (χ2v) is 9.43. The third-order valence-electron chi connectivity index (χ3n) is 4.87. The molecule has 0 amide bonds. The minimum atomic E-state index is -4.09. The Balaban J connectivity index is 1.81. The molecule has 0 saturated heterocycles. The summed E-state index contributed by atoms with van der Waals surface area (Å²) in [6, 6.07) is 17.4. The third-order valence-corrected chi connectivity index (χ3v) is 6.54. The first-order valence-electron chi connectivity index (χ1n) is 10.4. The highest BCUT2D eigenvalue weighted by Gasteiger charge is 2.29. The Morgan fingerprint density at radius 2 is 1.61 bits per heavy atom. The summed E-state index contributed by atoms with van der Waals surface area (Å²) in [5.74, 6) is 0.261. The molecule has 4 aromatic rings. The molecule has 170 valence electrons. The normalized spacial score (nSPS) is 11.4. The first-order chi connectivity index (χ1) is 15.8. The van der Waals surface area contributed by atoms with Crippen molar-refractivity contribution in [2.75, 3.05) is 11.9 Å². The average molecular weight is 467 g/mol. The number of nitrogens with zero attached hydrogens (tertiary/aromatic N) is 1. The fourth-order valence-corrected chi connectivity index (χ4v) is 4.71.